The monoisotopic (exact) mass is 213 g/mol. The fourth-order valence-electron chi connectivity index (χ4n) is 2.13. The molecule has 3 nitrogen and oxygen atoms in total. The van der Waals surface area contributed by atoms with E-state index in [4.69, 9.17) is 4.74 Å². The minimum atomic E-state index is 0.0741. The largest absolute Gasteiger partial charge is 0.381 e. The third kappa shape index (κ3) is 3.49. The summed E-state index contributed by atoms with van der Waals surface area (Å²) in [6.07, 6.45) is 0.870. The summed E-state index contributed by atoms with van der Waals surface area (Å²) >= 11 is 0. The fraction of sp³-hybridized carbons (Fsp3) is 0.917. The molecule has 0 radical (unpaired) electrons. The molecule has 0 saturated carbocycles. The molecular weight excluding hydrogens is 190 g/mol. The minimum Gasteiger partial charge on any atom is -0.381 e. The highest BCUT2D eigenvalue weighted by Crippen LogP contribution is 2.16. The summed E-state index contributed by atoms with van der Waals surface area (Å²) in [6, 6.07) is 0.276. The van der Waals surface area contributed by atoms with E-state index in [1.54, 1.807) is 0 Å². The Morgan fingerprint density at radius 2 is 1.87 bits per heavy atom. The molecule has 1 N–H and O–H groups in total. The van der Waals surface area contributed by atoms with E-state index in [2.05, 4.69) is 33.0 Å². The van der Waals surface area contributed by atoms with Crippen LogP contribution in [0.5, 0.6) is 0 Å². The van der Waals surface area contributed by atoms with Crippen molar-refractivity contribution in [2.24, 2.45) is 17.8 Å². The normalized spacial score (nSPS) is 21.7. The smallest absolute Gasteiger partial charge is 0.225 e. The number of carbonyl (C=O) groups excluding carboxylic acids is 1. The number of carbonyl (C=O) groups is 1. The number of hydrogen-bond donors (Lipinski definition) is 1. The van der Waals surface area contributed by atoms with E-state index < -0.39 is 0 Å². The Bertz CT molecular complexity index is 200. The summed E-state index contributed by atoms with van der Waals surface area (Å²) in [5, 5.41) is 3.14. The lowest BCUT2D eigenvalue weighted by molar-refractivity contribution is -0.126. The van der Waals surface area contributed by atoms with Gasteiger partial charge in [0.05, 0.1) is 12.5 Å². The van der Waals surface area contributed by atoms with Crippen molar-refractivity contribution in [1.82, 2.24) is 5.32 Å². The molecule has 1 rings (SSSR count). The molecule has 1 fully saturated rings. The Hall–Kier alpha value is -0.570. The average molecular weight is 213 g/mol. The Morgan fingerprint density at radius 1 is 1.27 bits per heavy atom. The van der Waals surface area contributed by atoms with Crippen LogP contribution in [0.15, 0.2) is 0 Å². The zero-order valence-corrected chi connectivity index (χ0v) is 10.2. The Balaban J connectivity index is 2.46. The Morgan fingerprint density at radius 3 is 2.27 bits per heavy atom. The minimum absolute atomic E-state index is 0.0741. The fourth-order valence-corrected chi connectivity index (χ4v) is 2.13. The van der Waals surface area contributed by atoms with Crippen molar-refractivity contribution in [3.8, 4) is 0 Å². The number of ether oxygens (including phenoxy) is 1. The van der Waals surface area contributed by atoms with E-state index in [9.17, 15) is 4.79 Å². The predicted octanol–water partition coefficient (Wildman–Crippen LogP) is 1.82. The molecule has 1 aliphatic rings. The maximum atomic E-state index is 11.9. The second-order valence-corrected chi connectivity index (χ2v) is 5.08. The Kier molecular flexibility index (Phi) is 4.58. The van der Waals surface area contributed by atoms with Gasteiger partial charge in [-0.05, 0) is 18.3 Å². The maximum absolute atomic E-state index is 11.9. The van der Waals surface area contributed by atoms with E-state index in [1.807, 2.05) is 0 Å². The van der Waals surface area contributed by atoms with Gasteiger partial charge < -0.3 is 10.1 Å². The van der Waals surface area contributed by atoms with Crippen LogP contribution in [-0.4, -0.2) is 25.2 Å². The lowest BCUT2D eigenvalue weighted by Crippen LogP contribution is -2.45. The third-order valence-corrected chi connectivity index (χ3v) is 3.05. The molecule has 0 aromatic rings. The number of nitrogens with one attached hydrogen (secondary N) is 1. The third-order valence-electron chi connectivity index (χ3n) is 3.05. The summed E-state index contributed by atoms with van der Waals surface area (Å²) in [6.45, 7) is 9.92. The van der Waals surface area contributed by atoms with Gasteiger partial charge in [0.1, 0.15) is 0 Å². The van der Waals surface area contributed by atoms with Crippen molar-refractivity contribution < 1.29 is 9.53 Å². The van der Waals surface area contributed by atoms with E-state index in [0.29, 0.717) is 18.4 Å². The van der Waals surface area contributed by atoms with Crippen molar-refractivity contribution in [3.05, 3.63) is 0 Å². The first-order valence-electron chi connectivity index (χ1n) is 5.90. The van der Waals surface area contributed by atoms with Crippen LogP contribution < -0.4 is 5.32 Å². The Labute approximate surface area is 92.6 Å². The predicted molar refractivity (Wildman–Crippen MR) is 60.5 cm³/mol. The highest BCUT2D eigenvalue weighted by Gasteiger charge is 2.27. The van der Waals surface area contributed by atoms with Crippen molar-refractivity contribution in [1.29, 1.82) is 0 Å². The average Bonchev–Trinajstić information content (AvgIpc) is 2.65. The van der Waals surface area contributed by atoms with Crippen LogP contribution in [0.2, 0.25) is 0 Å². The van der Waals surface area contributed by atoms with Gasteiger partial charge >= 0.3 is 0 Å². The zero-order valence-electron chi connectivity index (χ0n) is 10.2. The van der Waals surface area contributed by atoms with Crippen molar-refractivity contribution in [2.45, 2.75) is 40.2 Å². The molecule has 1 heterocycles. The highest BCUT2D eigenvalue weighted by molar-refractivity contribution is 5.79. The summed E-state index contributed by atoms with van der Waals surface area (Å²) in [4.78, 5) is 11.9. The number of hydrogen-bond acceptors (Lipinski definition) is 2. The van der Waals surface area contributed by atoms with Gasteiger partial charge in [0.25, 0.3) is 0 Å². The summed E-state index contributed by atoms with van der Waals surface area (Å²) in [7, 11) is 0. The molecule has 3 heteroatoms. The van der Waals surface area contributed by atoms with Crippen LogP contribution in [0.1, 0.15) is 34.1 Å². The molecular formula is C12H23NO2. The molecule has 1 aliphatic heterocycles. The lowest BCUT2D eigenvalue weighted by Gasteiger charge is -2.27. The van der Waals surface area contributed by atoms with Crippen LogP contribution in [-0.2, 0) is 9.53 Å². The second-order valence-electron chi connectivity index (χ2n) is 5.08. The molecule has 0 unspecified atom stereocenters. The molecule has 1 saturated heterocycles. The molecule has 1 amide bonds. The van der Waals surface area contributed by atoms with Gasteiger partial charge in [0.2, 0.25) is 5.91 Å². The molecule has 88 valence electrons. The molecule has 0 aromatic heterocycles. The van der Waals surface area contributed by atoms with Gasteiger partial charge in [-0.1, -0.05) is 27.7 Å². The molecule has 0 bridgehead atoms. The zero-order chi connectivity index (χ0) is 11.4. The quantitative estimate of drug-likeness (QED) is 0.773. The maximum Gasteiger partial charge on any atom is 0.225 e. The molecule has 15 heavy (non-hydrogen) atoms. The number of amides is 1. The first kappa shape index (κ1) is 12.5. The van der Waals surface area contributed by atoms with Gasteiger partial charge in [-0.2, -0.15) is 0 Å². The standard InChI is InChI=1S/C12H23NO2/c1-8(2)11(9(3)4)13-12(14)10-5-6-15-7-10/h8-11H,5-7H2,1-4H3,(H,13,14)/t10-/m1/s1. The lowest BCUT2D eigenvalue weighted by atomic mass is 9.92. The van der Waals surface area contributed by atoms with Gasteiger partial charge in [0.15, 0.2) is 0 Å². The summed E-state index contributed by atoms with van der Waals surface area (Å²) in [5.74, 6) is 1.21. The van der Waals surface area contributed by atoms with E-state index in [1.165, 1.54) is 0 Å². The van der Waals surface area contributed by atoms with Crippen LogP contribution in [0.3, 0.4) is 0 Å². The van der Waals surface area contributed by atoms with Crippen LogP contribution in [0.25, 0.3) is 0 Å². The molecule has 0 aromatic carbocycles. The SMILES string of the molecule is CC(C)C(NC(=O)[C@@H]1CCOC1)C(C)C. The molecule has 1 atom stereocenters. The highest BCUT2D eigenvalue weighted by atomic mass is 16.5. The topological polar surface area (TPSA) is 38.3 Å². The molecule has 0 aliphatic carbocycles. The second kappa shape index (κ2) is 5.50. The van der Waals surface area contributed by atoms with E-state index in [-0.39, 0.29) is 17.9 Å². The van der Waals surface area contributed by atoms with Crippen LogP contribution in [0, 0.1) is 17.8 Å². The van der Waals surface area contributed by atoms with Crippen molar-refractivity contribution in [3.63, 3.8) is 0 Å². The van der Waals surface area contributed by atoms with Crippen LogP contribution >= 0.6 is 0 Å². The summed E-state index contributed by atoms with van der Waals surface area (Å²) < 4.78 is 5.22. The van der Waals surface area contributed by atoms with Gasteiger partial charge in [-0.3, -0.25) is 4.79 Å². The summed E-state index contributed by atoms with van der Waals surface area (Å²) in [5.41, 5.74) is 0. The van der Waals surface area contributed by atoms with Gasteiger partial charge in [-0.15, -0.1) is 0 Å². The first-order chi connectivity index (χ1) is 7.02. The van der Waals surface area contributed by atoms with Crippen molar-refractivity contribution >= 4 is 5.91 Å². The van der Waals surface area contributed by atoms with E-state index in [0.717, 1.165) is 13.0 Å². The van der Waals surface area contributed by atoms with Crippen LogP contribution in [0.4, 0.5) is 0 Å². The first-order valence-corrected chi connectivity index (χ1v) is 5.90. The van der Waals surface area contributed by atoms with Crippen molar-refractivity contribution in [2.75, 3.05) is 13.2 Å². The van der Waals surface area contributed by atoms with E-state index >= 15 is 0 Å². The van der Waals surface area contributed by atoms with Gasteiger partial charge in [-0.25, -0.2) is 0 Å². The molecule has 0 spiro atoms. The van der Waals surface area contributed by atoms with Gasteiger partial charge in [0, 0.05) is 12.6 Å². The number of rotatable bonds is 4.